The Morgan fingerprint density at radius 2 is 1.30 bits per heavy atom. The smallest absolute Gasteiger partial charge is 0.119 e. The van der Waals surface area contributed by atoms with Gasteiger partial charge in [0, 0.05) is 94.1 Å². The quantitative estimate of drug-likeness (QED) is 0.107. The molecule has 0 spiro atoms. The summed E-state index contributed by atoms with van der Waals surface area (Å²) in [6, 6.07) is 26.4. The van der Waals surface area contributed by atoms with Crippen molar-refractivity contribution in [2.24, 2.45) is 0 Å². The molecular weight excluding hydrogens is 749 g/mol. The average molecular weight is 819 g/mol. The standard InChI is InChI=1S/2C25H35N3O2/c1-20(2)28-14-9-24(10-15-28)30-23-7-5-21(6-8-23)25(11-16-29-17-12-25)19-27-22-4-3-13-26-18-22;1-21-5-8-23(19-26-21)27-20-25(11-17-29-18-12-25)22-6-9-24(10-7-22)30-16-4-15-28-13-2-3-14-28/h3-8,13,18,20,24,27H,9-12,14-17,19H2,1-2H3;5-10,19,27H,2-4,11-18,20H2,1H3. The van der Waals surface area contributed by atoms with Gasteiger partial charge in [-0.3, -0.25) is 9.97 Å². The number of nitrogens with one attached hydrogen (secondary N) is 2. The van der Waals surface area contributed by atoms with Gasteiger partial charge in [-0.25, -0.2) is 0 Å². The highest BCUT2D eigenvalue weighted by Gasteiger charge is 2.36. The maximum absolute atomic E-state index is 6.31. The zero-order valence-electron chi connectivity index (χ0n) is 36.6. The van der Waals surface area contributed by atoms with Crippen LogP contribution in [-0.2, 0) is 20.3 Å². The zero-order valence-corrected chi connectivity index (χ0v) is 36.6. The van der Waals surface area contributed by atoms with Gasteiger partial charge in [0.1, 0.15) is 17.6 Å². The number of benzene rings is 2. The van der Waals surface area contributed by atoms with E-state index in [0.717, 1.165) is 139 Å². The summed E-state index contributed by atoms with van der Waals surface area (Å²) in [6.07, 6.45) is 16.0. The first-order chi connectivity index (χ1) is 29.4. The number of ether oxygens (including phenoxy) is 4. The van der Waals surface area contributed by atoms with Gasteiger partial charge in [0.25, 0.3) is 0 Å². The number of rotatable bonds is 16. The number of hydrogen-bond acceptors (Lipinski definition) is 10. The molecule has 6 heterocycles. The highest BCUT2D eigenvalue weighted by molar-refractivity contribution is 5.44. The predicted octanol–water partition coefficient (Wildman–Crippen LogP) is 8.91. The van der Waals surface area contributed by atoms with Gasteiger partial charge in [-0.15, -0.1) is 0 Å². The lowest BCUT2D eigenvalue weighted by Crippen LogP contribution is -2.41. The second-order valence-electron chi connectivity index (χ2n) is 17.7. The molecule has 8 rings (SSSR count). The molecule has 4 aromatic rings. The molecule has 10 nitrogen and oxygen atoms in total. The Balaban J connectivity index is 0.000000181. The number of hydrogen-bond donors (Lipinski definition) is 2. The van der Waals surface area contributed by atoms with Crippen LogP contribution in [0, 0.1) is 6.92 Å². The van der Waals surface area contributed by atoms with E-state index in [1.165, 1.54) is 37.1 Å². The summed E-state index contributed by atoms with van der Waals surface area (Å²) < 4.78 is 23.7. The van der Waals surface area contributed by atoms with Gasteiger partial charge in [-0.2, -0.15) is 0 Å². The predicted molar refractivity (Wildman–Crippen MR) is 243 cm³/mol. The highest BCUT2D eigenvalue weighted by atomic mass is 16.5. The first kappa shape index (κ1) is 43.9. The van der Waals surface area contributed by atoms with E-state index in [-0.39, 0.29) is 10.8 Å². The van der Waals surface area contributed by atoms with E-state index in [4.69, 9.17) is 18.9 Å². The van der Waals surface area contributed by atoms with Crippen molar-refractivity contribution in [2.45, 2.75) is 102 Å². The van der Waals surface area contributed by atoms with Gasteiger partial charge < -0.3 is 39.4 Å². The summed E-state index contributed by atoms with van der Waals surface area (Å²) in [6.45, 7) is 18.3. The first-order valence-corrected chi connectivity index (χ1v) is 22.8. The Morgan fingerprint density at radius 1 is 0.717 bits per heavy atom. The summed E-state index contributed by atoms with van der Waals surface area (Å²) in [5, 5.41) is 7.20. The van der Waals surface area contributed by atoms with Crippen molar-refractivity contribution >= 4 is 11.4 Å². The topological polar surface area (TPSA) is 93.2 Å². The van der Waals surface area contributed by atoms with Crippen LogP contribution >= 0.6 is 0 Å². The summed E-state index contributed by atoms with van der Waals surface area (Å²) in [7, 11) is 0. The van der Waals surface area contributed by atoms with Gasteiger partial charge >= 0.3 is 0 Å². The lowest BCUT2D eigenvalue weighted by atomic mass is 9.74. The molecule has 4 saturated heterocycles. The molecule has 0 atom stereocenters. The van der Waals surface area contributed by atoms with Crippen molar-refractivity contribution in [1.29, 1.82) is 0 Å². The van der Waals surface area contributed by atoms with Crippen LogP contribution in [0.25, 0.3) is 0 Å². The number of aryl methyl sites for hydroxylation is 1. The molecule has 0 radical (unpaired) electrons. The second-order valence-corrected chi connectivity index (χ2v) is 17.7. The maximum atomic E-state index is 6.31. The summed E-state index contributed by atoms with van der Waals surface area (Å²) in [5.74, 6) is 1.96. The van der Waals surface area contributed by atoms with Crippen LogP contribution in [0.1, 0.15) is 88.5 Å². The van der Waals surface area contributed by atoms with Gasteiger partial charge in [0.2, 0.25) is 0 Å². The normalized spacial score (nSPS) is 19.6. The molecule has 60 heavy (non-hydrogen) atoms. The Labute approximate surface area is 359 Å². The molecule has 0 amide bonds. The number of likely N-dealkylation sites (tertiary alicyclic amines) is 2. The van der Waals surface area contributed by atoms with E-state index >= 15 is 0 Å². The molecule has 0 bridgehead atoms. The van der Waals surface area contributed by atoms with E-state index < -0.39 is 0 Å². The average Bonchev–Trinajstić information content (AvgIpc) is 3.83. The maximum Gasteiger partial charge on any atom is 0.119 e. The monoisotopic (exact) mass is 819 g/mol. The minimum atomic E-state index is 0.0786. The third kappa shape index (κ3) is 12.4. The van der Waals surface area contributed by atoms with E-state index in [9.17, 15) is 0 Å². The van der Waals surface area contributed by atoms with Crippen LogP contribution in [0.5, 0.6) is 11.5 Å². The van der Waals surface area contributed by atoms with Crippen LogP contribution in [0.2, 0.25) is 0 Å². The molecule has 324 valence electrons. The van der Waals surface area contributed by atoms with Crippen LogP contribution in [0.3, 0.4) is 0 Å². The Morgan fingerprint density at radius 3 is 1.83 bits per heavy atom. The van der Waals surface area contributed by atoms with Crippen molar-refractivity contribution in [3.63, 3.8) is 0 Å². The number of pyridine rings is 2. The largest absolute Gasteiger partial charge is 0.494 e. The van der Waals surface area contributed by atoms with Crippen LogP contribution in [-0.4, -0.2) is 111 Å². The molecular formula is C50H70N6O4. The number of nitrogens with zero attached hydrogens (tertiary/aromatic N) is 4. The molecule has 4 aliphatic rings. The summed E-state index contributed by atoms with van der Waals surface area (Å²) in [5.41, 5.74) is 6.07. The Kier molecular flexibility index (Phi) is 16.1. The fourth-order valence-electron chi connectivity index (χ4n) is 9.22. The molecule has 0 unspecified atom stereocenters. The molecule has 4 fully saturated rings. The lowest BCUT2D eigenvalue weighted by molar-refractivity contribution is 0.0542. The van der Waals surface area contributed by atoms with E-state index in [1.807, 2.05) is 25.4 Å². The van der Waals surface area contributed by atoms with E-state index in [2.05, 4.69) is 111 Å². The molecule has 0 aliphatic carbocycles. The van der Waals surface area contributed by atoms with Crippen molar-refractivity contribution < 1.29 is 18.9 Å². The van der Waals surface area contributed by atoms with Crippen LogP contribution in [0.15, 0.2) is 91.4 Å². The SMILES string of the molecule is CC(C)N1CCC(Oc2ccc(C3(CNc4cccnc4)CCOCC3)cc2)CC1.Cc1ccc(NCC2(c3ccc(OCCCN4CCCC4)cc3)CCOCC2)cn1. The number of anilines is 2. The number of piperidine rings is 1. The molecule has 2 aromatic carbocycles. The van der Waals surface area contributed by atoms with Crippen LogP contribution in [0.4, 0.5) is 11.4 Å². The molecule has 2 N–H and O–H groups in total. The van der Waals surface area contributed by atoms with Gasteiger partial charge in [0.15, 0.2) is 0 Å². The van der Waals surface area contributed by atoms with Gasteiger partial charge in [0.05, 0.1) is 24.2 Å². The molecule has 10 heteroatoms. The lowest BCUT2D eigenvalue weighted by Gasteiger charge is -2.38. The van der Waals surface area contributed by atoms with Gasteiger partial charge in [-0.1, -0.05) is 24.3 Å². The Hall–Kier alpha value is -4.22. The third-order valence-electron chi connectivity index (χ3n) is 13.3. The van der Waals surface area contributed by atoms with Crippen LogP contribution < -0.4 is 20.1 Å². The van der Waals surface area contributed by atoms with E-state index in [0.29, 0.717) is 12.1 Å². The third-order valence-corrected chi connectivity index (χ3v) is 13.3. The van der Waals surface area contributed by atoms with Crippen molar-refractivity contribution in [3.8, 4) is 11.5 Å². The Bertz CT molecular complexity index is 1800. The number of aromatic nitrogens is 2. The highest BCUT2D eigenvalue weighted by Crippen LogP contribution is 2.38. The molecule has 0 saturated carbocycles. The summed E-state index contributed by atoms with van der Waals surface area (Å²) >= 11 is 0. The second kappa shape index (κ2) is 22.0. The zero-order chi connectivity index (χ0) is 41.5. The van der Waals surface area contributed by atoms with Crippen molar-refractivity contribution in [1.82, 2.24) is 19.8 Å². The molecule has 2 aromatic heterocycles. The van der Waals surface area contributed by atoms with E-state index in [1.54, 1.807) is 6.20 Å². The minimum Gasteiger partial charge on any atom is -0.494 e. The summed E-state index contributed by atoms with van der Waals surface area (Å²) in [4.78, 5) is 13.7. The fourth-order valence-corrected chi connectivity index (χ4v) is 9.22. The van der Waals surface area contributed by atoms with Crippen molar-refractivity contribution in [2.75, 3.05) is 89.5 Å². The fraction of sp³-hybridized carbons (Fsp3) is 0.560. The molecule has 4 aliphatic heterocycles. The first-order valence-electron chi connectivity index (χ1n) is 22.8. The van der Waals surface area contributed by atoms with Gasteiger partial charge in [-0.05, 0) is 151 Å². The minimum absolute atomic E-state index is 0.0786. The van der Waals surface area contributed by atoms with Crippen molar-refractivity contribution in [3.05, 3.63) is 108 Å².